The first-order valence-electron chi connectivity index (χ1n) is 5.77. The predicted octanol–water partition coefficient (Wildman–Crippen LogP) is 2.32. The molecule has 1 aromatic carbocycles. The van der Waals surface area contributed by atoms with E-state index < -0.39 is 4.92 Å². The van der Waals surface area contributed by atoms with Crippen molar-refractivity contribution in [3.05, 3.63) is 34.4 Å². The minimum atomic E-state index is -0.424. The fourth-order valence-electron chi connectivity index (χ4n) is 1.55. The van der Waals surface area contributed by atoms with Crippen molar-refractivity contribution in [3.8, 4) is 5.75 Å². The van der Waals surface area contributed by atoms with Crippen LogP contribution in [0.2, 0.25) is 0 Å². The van der Waals surface area contributed by atoms with Crippen LogP contribution in [-0.4, -0.2) is 36.1 Å². The van der Waals surface area contributed by atoms with Gasteiger partial charge in [-0.3, -0.25) is 10.1 Å². The maximum Gasteiger partial charge on any atom is 0.310 e. The van der Waals surface area contributed by atoms with Crippen LogP contribution in [0.3, 0.4) is 0 Å². The van der Waals surface area contributed by atoms with E-state index in [0.29, 0.717) is 12.4 Å². The number of hydrogen-bond donors (Lipinski definition) is 0. The summed E-state index contributed by atoms with van der Waals surface area (Å²) in [5, 5.41) is 10.7. The van der Waals surface area contributed by atoms with E-state index in [1.807, 2.05) is 0 Å². The van der Waals surface area contributed by atoms with Gasteiger partial charge in [0.2, 0.25) is 0 Å². The Morgan fingerprint density at radius 1 is 1.29 bits per heavy atom. The zero-order valence-corrected chi connectivity index (χ0v) is 10.3. The number of benzene rings is 1. The number of rotatable bonds is 7. The van der Waals surface area contributed by atoms with Gasteiger partial charge in [0, 0.05) is 12.6 Å². The quantitative estimate of drug-likeness (QED) is 0.540. The van der Waals surface area contributed by atoms with E-state index in [2.05, 4.69) is 18.7 Å². The van der Waals surface area contributed by atoms with Gasteiger partial charge in [-0.05, 0) is 19.2 Å². The van der Waals surface area contributed by atoms with Gasteiger partial charge in [0.05, 0.1) is 4.92 Å². The van der Waals surface area contributed by atoms with E-state index in [0.717, 1.165) is 19.6 Å². The average Bonchev–Trinajstić information content (AvgIpc) is 2.35. The molecule has 1 rings (SSSR count). The second kappa shape index (κ2) is 6.85. The first-order valence-corrected chi connectivity index (χ1v) is 5.77. The normalized spacial score (nSPS) is 10.5. The number of likely N-dealkylation sites (N-methyl/N-ethyl adjacent to an activating group) is 1. The van der Waals surface area contributed by atoms with Gasteiger partial charge in [0.25, 0.3) is 0 Å². The van der Waals surface area contributed by atoms with Crippen molar-refractivity contribution in [2.24, 2.45) is 0 Å². The van der Waals surface area contributed by atoms with Crippen molar-refractivity contribution in [1.82, 2.24) is 4.90 Å². The molecule has 0 aromatic heterocycles. The van der Waals surface area contributed by atoms with Gasteiger partial charge in [0.15, 0.2) is 5.75 Å². The fourth-order valence-corrected chi connectivity index (χ4v) is 1.55. The van der Waals surface area contributed by atoms with Crippen molar-refractivity contribution in [2.75, 3.05) is 26.2 Å². The summed E-state index contributed by atoms with van der Waals surface area (Å²) in [4.78, 5) is 12.5. The number of nitrogens with zero attached hydrogens (tertiary/aromatic N) is 2. The van der Waals surface area contributed by atoms with Gasteiger partial charge < -0.3 is 9.64 Å². The smallest absolute Gasteiger partial charge is 0.310 e. The van der Waals surface area contributed by atoms with Crippen LogP contribution in [0.5, 0.6) is 5.75 Å². The third-order valence-electron chi connectivity index (χ3n) is 2.62. The molecule has 0 heterocycles. The SMILES string of the molecule is CCN(CC)CCOc1ccccc1[N+](=O)[O-]. The molecule has 0 fully saturated rings. The summed E-state index contributed by atoms with van der Waals surface area (Å²) < 4.78 is 5.45. The Bertz CT molecular complexity index is 365. The minimum Gasteiger partial charge on any atom is -0.485 e. The Morgan fingerprint density at radius 3 is 2.53 bits per heavy atom. The predicted molar refractivity (Wildman–Crippen MR) is 66.4 cm³/mol. The summed E-state index contributed by atoms with van der Waals surface area (Å²) in [7, 11) is 0. The Balaban J connectivity index is 2.54. The Kier molecular flexibility index (Phi) is 5.42. The van der Waals surface area contributed by atoms with Crippen molar-refractivity contribution in [2.45, 2.75) is 13.8 Å². The van der Waals surface area contributed by atoms with Crippen LogP contribution in [0.1, 0.15) is 13.8 Å². The Labute approximate surface area is 101 Å². The molecular formula is C12H18N2O3. The van der Waals surface area contributed by atoms with Crippen molar-refractivity contribution in [1.29, 1.82) is 0 Å². The third-order valence-corrected chi connectivity index (χ3v) is 2.62. The summed E-state index contributed by atoms with van der Waals surface area (Å²) in [5.74, 6) is 0.338. The standard InChI is InChI=1S/C12H18N2O3/c1-3-13(4-2)9-10-17-12-8-6-5-7-11(12)14(15)16/h5-8H,3-4,9-10H2,1-2H3. The molecule has 0 radical (unpaired) electrons. The highest BCUT2D eigenvalue weighted by molar-refractivity contribution is 5.45. The first-order chi connectivity index (χ1) is 8.19. The van der Waals surface area contributed by atoms with Crippen LogP contribution >= 0.6 is 0 Å². The van der Waals surface area contributed by atoms with E-state index in [9.17, 15) is 10.1 Å². The van der Waals surface area contributed by atoms with E-state index in [4.69, 9.17) is 4.74 Å². The summed E-state index contributed by atoms with van der Waals surface area (Å²) in [6, 6.07) is 6.45. The maximum absolute atomic E-state index is 10.7. The summed E-state index contributed by atoms with van der Waals surface area (Å²) >= 11 is 0. The summed E-state index contributed by atoms with van der Waals surface area (Å²) in [6.45, 7) is 7.31. The molecule has 0 bridgehead atoms. The molecule has 0 saturated heterocycles. The highest BCUT2D eigenvalue weighted by Crippen LogP contribution is 2.25. The lowest BCUT2D eigenvalue weighted by Crippen LogP contribution is -2.27. The lowest BCUT2D eigenvalue weighted by Gasteiger charge is -2.17. The lowest BCUT2D eigenvalue weighted by molar-refractivity contribution is -0.385. The van der Waals surface area contributed by atoms with Crippen LogP contribution in [0.25, 0.3) is 0 Å². The van der Waals surface area contributed by atoms with Crippen LogP contribution in [0, 0.1) is 10.1 Å². The second-order valence-electron chi connectivity index (χ2n) is 3.60. The molecule has 0 unspecified atom stereocenters. The molecule has 0 amide bonds. The maximum atomic E-state index is 10.7. The topological polar surface area (TPSA) is 55.6 Å². The monoisotopic (exact) mass is 238 g/mol. The number of nitro groups is 1. The molecule has 17 heavy (non-hydrogen) atoms. The summed E-state index contributed by atoms with van der Waals surface area (Å²) in [5.41, 5.74) is 0.0204. The van der Waals surface area contributed by atoms with E-state index >= 15 is 0 Å². The summed E-state index contributed by atoms with van der Waals surface area (Å²) in [6.07, 6.45) is 0. The molecule has 94 valence electrons. The van der Waals surface area contributed by atoms with Crippen LogP contribution < -0.4 is 4.74 Å². The van der Waals surface area contributed by atoms with Crippen LogP contribution in [-0.2, 0) is 0 Å². The molecule has 1 aromatic rings. The van der Waals surface area contributed by atoms with Gasteiger partial charge >= 0.3 is 5.69 Å². The zero-order valence-electron chi connectivity index (χ0n) is 10.3. The molecule has 0 saturated carbocycles. The molecular weight excluding hydrogens is 220 g/mol. The average molecular weight is 238 g/mol. The zero-order chi connectivity index (χ0) is 12.7. The van der Waals surface area contributed by atoms with Gasteiger partial charge in [-0.1, -0.05) is 26.0 Å². The molecule has 0 spiro atoms. The highest BCUT2D eigenvalue weighted by atomic mass is 16.6. The van der Waals surface area contributed by atoms with Gasteiger partial charge in [-0.15, -0.1) is 0 Å². The molecule has 0 aliphatic carbocycles. The number of para-hydroxylation sites is 2. The van der Waals surface area contributed by atoms with Crippen LogP contribution in [0.4, 0.5) is 5.69 Å². The highest BCUT2D eigenvalue weighted by Gasteiger charge is 2.13. The van der Waals surface area contributed by atoms with Gasteiger partial charge in [-0.25, -0.2) is 0 Å². The Morgan fingerprint density at radius 2 is 1.94 bits per heavy atom. The van der Waals surface area contributed by atoms with E-state index in [1.54, 1.807) is 18.2 Å². The van der Waals surface area contributed by atoms with Gasteiger partial charge in [0.1, 0.15) is 6.61 Å². The molecule has 5 nitrogen and oxygen atoms in total. The van der Waals surface area contributed by atoms with Crippen molar-refractivity contribution >= 4 is 5.69 Å². The number of nitro benzene ring substituents is 1. The van der Waals surface area contributed by atoms with E-state index in [1.165, 1.54) is 6.07 Å². The first kappa shape index (κ1) is 13.4. The lowest BCUT2D eigenvalue weighted by atomic mass is 10.3. The van der Waals surface area contributed by atoms with E-state index in [-0.39, 0.29) is 5.69 Å². The fraction of sp³-hybridized carbons (Fsp3) is 0.500. The number of hydrogen-bond acceptors (Lipinski definition) is 4. The molecule has 5 heteroatoms. The molecule has 0 N–H and O–H groups in total. The number of ether oxygens (including phenoxy) is 1. The molecule has 0 atom stereocenters. The van der Waals surface area contributed by atoms with Crippen LogP contribution in [0.15, 0.2) is 24.3 Å². The van der Waals surface area contributed by atoms with Gasteiger partial charge in [-0.2, -0.15) is 0 Å². The molecule has 0 aliphatic rings. The van der Waals surface area contributed by atoms with Crippen molar-refractivity contribution in [3.63, 3.8) is 0 Å². The van der Waals surface area contributed by atoms with Crippen molar-refractivity contribution < 1.29 is 9.66 Å². The molecule has 0 aliphatic heterocycles. The minimum absolute atomic E-state index is 0.0204. The third kappa shape index (κ3) is 4.03. The largest absolute Gasteiger partial charge is 0.485 e. The second-order valence-corrected chi connectivity index (χ2v) is 3.60. The Hall–Kier alpha value is -1.62.